The van der Waals surface area contributed by atoms with Crippen molar-refractivity contribution in [1.29, 1.82) is 0 Å². The van der Waals surface area contributed by atoms with Gasteiger partial charge in [0.2, 0.25) is 0 Å². The molecule has 1 fully saturated rings. The average Bonchev–Trinajstić information content (AvgIpc) is 3.55. The molecule has 4 aromatic rings. The van der Waals surface area contributed by atoms with Crippen molar-refractivity contribution >= 4 is 17.7 Å². The highest BCUT2D eigenvalue weighted by Crippen LogP contribution is 2.27. The van der Waals surface area contributed by atoms with Crippen LogP contribution in [-0.2, 0) is 12.3 Å². The Kier molecular flexibility index (Phi) is 6.48. The predicted molar refractivity (Wildman–Crippen MR) is 130 cm³/mol. The Bertz CT molecular complexity index is 1200. The van der Waals surface area contributed by atoms with Crippen LogP contribution >= 0.6 is 11.8 Å². The van der Waals surface area contributed by atoms with Gasteiger partial charge in [0.15, 0.2) is 11.0 Å². The molecule has 1 aliphatic rings. The van der Waals surface area contributed by atoms with Crippen LogP contribution in [0.2, 0.25) is 0 Å². The first-order valence-electron chi connectivity index (χ1n) is 11.2. The first kappa shape index (κ1) is 21.4. The molecule has 1 aliphatic heterocycles. The number of hydrogen-bond donors (Lipinski definition) is 0. The molecule has 33 heavy (non-hydrogen) atoms. The van der Waals surface area contributed by atoms with Crippen LogP contribution in [0.25, 0.3) is 11.4 Å². The zero-order valence-electron chi connectivity index (χ0n) is 18.3. The van der Waals surface area contributed by atoms with Gasteiger partial charge in [-0.1, -0.05) is 54.2 Å². The number of benzene rings is 2. The summed E-state index contributed by atoms with van der Waals surface area (Å²) < 4.78 is 2.14. The molecule has 0 saturated carbocycles. The fourth-order valence-corrected chi connectivity index (χ4v) is 4.90. The van der Waals surface area contributed by atoms with Crippen molar-refractivity contribution in [3.05, 3.63) is 95.8 Å². The monoisotopic (exact) mass is 455 g/mol. The zero-order valence-corrected chi connectivity index (χ0v) is 19.1. The standard InChI is InChI=1S/C26H25N5OS/c32-25(30-15-4-5-16-30)22-12-10-21(11-13-22)19-33-26-29-28-24(23-9-6-14-27-17-23)31(26)18-20-7-2-1-3-8-20/h1-3,6-14,17H,4-5,15-16,18-19H2. The Labute approximate surface area is 197 Å². The van der Waals surface area contributed by atoms with Crippen LogP contribution in [0.15, 0.2) is 84.3 Å². The maximum Gasteiger partial charge on any atom is 0.253 e. The Balaban J connectivity index is 1.34. The van der Waals surface area contributed by atoms with Gasteiger partial charge in [-0.05, 0) is 48.2 Å². The minimum Gasteiger partial charge on any atom is -0.339 e. The van der Waals surface area contributed by atoms with E-state index in [-0.39, 0.29) is 5.91 Å². The number of pyridine rings is 1. The Morgan fingerprint density at radius 2 is 1.67 bits per heavy atom. The molecular weight excluding hydrogens is 430 g/mol. The molecule has 6 nitrogen and oxygen atoms in total. The van der Waals surface area contributed by atoms with Crippen molar-refractivity contribution in [2.75, 3.05) is 13.1 Å². The summed E-state index contributed by atoms with van der Waals surface area (Å²) in [6.07, 6.45) is 5.78. The highest BCUT2D eigenvalue weighted by molar-refractivity contribution is 7.98. The third kappa shape index (κ3) is 4.98. The lowest BCUT2D eigenvalue weighted by Crippen LogP contribution is -2.27. The molecule has 3 heterocycles. The summed E-state index contributed by atoms with van der Waals surface area (Å²) >= 11 is 1.65. The van der Waals surface area contributed by atoms with Gasteiger partial charge in [-0.15, -0.1) is 10.2 Å². The van der Waals surface area contributed by atoms with Gasteiger partial charge >= 0.3 is 0 Å². The summed E-state index contributed by atoms with van der Waals surface area (Å²) in [5, 5.41) is 9.82. The summed E-state index contributed by atoms with van der Waals surface area (Å²) in [7, 11) is 0. The van der Waals surface area contributed by atoms with Gasteiger partial charge < -0.3 is 4.90 Å². The molecule has 1 amide bonds. The maximum absolute atomic E-state index is 12.6. The predicted octanol–water partition coefficient (Wildman–Crippen LogP) is 4.92. The van der Waals surface area contributed by atoms with Crippen LogP contribution in [0.5, 0.6) is 0 Å². The lowest BCUT2D eigenvalue weighted by Gasteiger charge is -2.15. The van der Waals surface area contributed by atoms with Crippen LogP contribution in [0.1, 0.15) is 34.3 Å². The molecule has 1 saturated heterocycles. The van der Waals surface area contributed by atoms with E-state index in [0.29, 0.717) is 6.54 Å². The molecule has 0 aliphatic carbocycles. The number of thioether (sulfide) groups is 1. The minimum atomic E-state index is 0.135. The van der Waals surface area contributed by atoms with E-state index in [2.05, 4.69) is 31.9 Å². The Morgan fingerprint density at radius 3 is 2.39 bits per heavy atom. The van der Waals surface area contributed by atoms with Crippen molar-refractivity contribution in [3.8, 4) is 11.4 Å². The van der Waals surface area contributed by atoms with Gasteiger partial charge in [0.1, 0.15) is 0 Å². The normalized spacial score (nSPS) is 13.4. The molecule has 0 atom stereocenters. The molecule has 166 valence electrons. The number of nitrogens with zero attached hydrogens (tertiary/aromatic N) is 5. The smallest absolute Gasteiger partial charge is 0.253 e. The average molecular weight is 456 g/mol. The first-order valence-corrected chi connectivity index (χ1v) is 12.1. The van der Waals surface area contributed by atoms with Gasteiger partial charge in [0, 0.05) is 42.4 Å². The van der Waals surface area contributed by atoms with Crippen LogP contribution < -0.4 is 0 Å². The van der Waals surface area contributed by atoms with Crippen LogP contribution in [0, 0.1) is 0 Å². The Morgan fingerprint density at radius 1 is 0.879 bits per heavy atom. The van der Waals surface area contributed by atoms with Crippen LogP contribution in [0.3, 0.4) is 0 Å². The largest absolute Gasteiger partial charge is 0.339 e. The van der Waals surface area contributed by atoms with E-state index in [9.17, 15) is 4.79 Å². The van der Waals surface area contributed by atoms with Crippen molar-refractivity contribution < 1.29 is 4.79 Å². The molecule has 0 unspecified atom stereocenters. The number of likely N-dealkylation sites (tertiary alicyclic amines) is 1. The van der Waals surface area contributed by atoms with Crippen LogP contribution in [0.4, 0.5) is 0 Å². The minimum absolute atomic E-state index is 0.135. The third-order valence-electron chi connectivity index (χ3n) is 5.78. The number of carbonyl (C=O) groups is 1. The SMILES string of the molecule is O=C(c1ccc(CSc2nnc(-c3cccnc3)n2Cc2ccccc2)cc1)N1CCCC1. The van der Waals surface area contributed by atoms with Gasteiger partial charge in [-0.2, -0.15) is 0 Å². The van der Waals surface area contributed by atoms with Gasteiger partial charge in [0.25, 0.3) is 5.91 Å². The summed E-state index contributed by atoms with van der Waals surface area (Å²) in [4.78, 5) is 18.8. The number of amides is 1. The zero-order chi connectivity index (χ0) is 22.5. The molecule has 0 N–H and O–H groups in total. The highest BCUT2D eigenvalue weighted by atomic mass is 32.2. The van der Waals surface area contributed by atoms with Gasteiger partial charge in [-0.25, -0.2) is 0 Å². The van der Waals surface area contributed by atoms with E-state index in [0.717, 1.165) is 59.4 Å². The number of hydrogen-bond acceptors (Lipinski definition) is 5. The van der Waals surface area contributed by atoms with E-state index in [4.69, 9.17) is 0 Å². The first-order chi connectivity index (χ1) is 16.3. The quantitative estimate of drug-likeness (QED) is 0.370. The van der Waals surface area contributed by atoms with Crippen molar-refractivity contribution in [3.63, 3.8) is 0 Å². The number of aromatic nitrogens is 4. The lowest BCUT2D eigenvalue weighted by atomic mass is 10.1. The molecule has 0 spiro atoms. The summed E-state index contributed by atoms with van der Waals surface area (Å²) in [5.74, 6) is 1.69. The topological polar surface area (TPSA) is 63.9 Å². The Hall–Kier alpha value is -3.45. The van der Waals surface area contributed by atoms with E-state index < -0.39 is 0 Å². The van der Waals surface area contributed by atoms with E-state index in [1.54, 1.807) is 18.0 Å². The van der Waals surface area contributed by atoms with E-state index in [1.807, 2.05) is 65.7 Å². The molecule has 5 rings (SSSR count). The molecule has 2 aromatic heterocycles. The molecule has 7 heteroatoms. The van der Waals surface area contributed by atoms with Crippen molar-refractivity contribution in [2.45, 2.75) is 30.3 Å². The molecule has 0 radical (unpaired) electrons. The molecule has 2 aromatic carbocycles. The highest BCUT2D eigenvalue weighted by Gasteiger charge is 2.19. The van der Waals surface area contributed by atoms with Crippen molar-refractivity contribution in [2.24, 2.45) is 0 Å². The van der Waals surface area contributed by atoms with Gasteiger partial charge in [0.05, 0.1) is 6.54 Å². The summed E-state index contributed by atoms with van der Waals surface area (Å²) in [6.45, 7) is 2.42. The number of carbonyl (C=O) groups excluding carboxylic acids is 1. The second-order valence-corrected chi connectivity index (χ2v) is 9.05. The third-order valence-corrected chi connectivity index (χ3v) is 6.82. The second-order valence-electron chi connectivity index (χ2n) is 8.10. The van der Waals surface area contributed by atoms with E-state index in [1.165, 1.54) is 5.56 Å². The second kappa shape index (κ2) is 10.0. The van der Waals surface area contributed by atoms with Crippen LogP contribution in [-0.4, -0.2) is 43.6 Å². The fraction of sp³-hybridized carbons (Fsp3) is 0.231. The van der Waals surface area contributed by atoms with Crippen molar-refractivity contribution in [1.82, 2.24) is 24.6 Å². The summed E-state index contributed by atoms with van der Waals surface area (Å²) in [6, 6.07) is 22.2. The summed E-state index contributed by atoms with van der Waals surface area (Å²) in [5.41, 5.74) is 4.04. The van der Waals surface area contributed by atoms with Gasteiger partial charge in [-0.3, -0.25) is 14.3 Å². The number of rotatable bonds is 7. The fourth-order valence-electron chi connectivity index (χ4n) is 4.01. The molecular formula is C26H25N5OS. The lowest BCUT2D eigenvalue weighted by molar-refractivity contribution is 0.0793. The molecule has 0 bridgehead atoms. The maximum atomic E-state index is 12.6. The van der Waals surface area contributed by atoms with E-state index >= 15 is 0 Å².